The van der Waals surface area contributed by atoms with Crippen LogP contribution in [0.1, 0.15) is 37.6 Å². The summed E-state index contributed by atoms with van der Waals surface area (Å²) in [6, 6.07) is 12.6. The molecule has 156 valence electrons. The van der Waals surface area contributed by atoms with Crippen LogP contribution in [0.15, 0.2) is 47.4 Å². The quantitative estimate of drug-likeness (QED) is 0.594. The highest BCUT2D eigenvalue weighted by molar-refractivity contribution is 8.00. The number of methoxy groups -OCH3 is 2. The number of anilines is 1. The first kappa shape index (κ1) is 22.6. The molecule has 0 fully saturated rings. The Kier molecular flexibility index (Phi) is 8.39. The zero-order valence-electron chi connectivity index (χ0n) is 17.4. The standard InChI is InChI=1S/C22H28N2O4S/c1-6-14(2)23-22(26)17-9-7-8-10-18(17)24-21(25)15(3)29-16-11-12-19(27-4)20(13-16)28-5/h7-15H,6H2,1-5H3,(H,23,26)(H,24,25)/t14-,15+/m0/s1. The number of hydrogen-bond acceptors (Lipinski definition) is 5. The highest BCUT2D eigenvalue weighted by atomic mass is 32.2. The van der Waals surface area contributed by atoms with Crippen LogP contribution in [0.25, 0.3) is 0 Å². The Morgan fingerprint density at radius 2 is 1.72 bits per heavy atom. The summed E-state index contributed by atoms with van der Waals surface area (Å²) in [5, 5.41) is 5.43. The van der Waals surface area contributed by atoms with Crippen molar-refractivity contribution in [3.8, 4) is 11.5 Å². The molecule has 6 nitrogen and oxygen atoms in total. The molecule has 0 unspecified atom stereocenters. The molecule has 0 aliphatic carbocycles. The molecule has 0 aromatic heterocycles. The molecule has 0 spiro atoms. The molecule has 0 saturated carbocycles. The number of amides is 2. The van der Waals surface area contributed by atoms with E-state index in [0.717, 1.165) is 11.3 Å². The highest BCUT2D eigenvalue weighted by Gasteiger charge is 2.19. The van der Waals surface area contributed by atoms with Gasteiger partial charge in [0.05, 0.1) is 30.7 Å². The smallest absolute Gasteiger partial charge is 0.253 e. The fraction of sp³-hybridized carbons (Fsp3) is 0.364. The van der Waals surface area contributed by atoms with Gasteiger partial charge in [0, 0.05) is 10.9 Å². The van der Waals surface area contributed by atoms with Crippen molar-refractivity contribution in [2.75, 3.05) is 19.5 Å². The predicted molar refractivity (Wildman–Crippen MR) is 117 cm³/mol. The summed E-state index contributed by atoms with van der Waals surface area (Å²) < 4.78 is 10.6. The number of hydrogen-bond donors (Lipinski definition) is 2. The van der Waals surface area contributed by atoms with Gasteiger partial charge in [-0.05, 0) is 50.6 Å². The van der Waals surface area contributed by atoms with Gasteiger partial charge < -0.3 is 20.1 Å². The van der Waals surface area contributed by atoms with E-state index in [9.17, 15) is 9.59 Å². The van der Waals surface area contributed by atoms with Gasteiger partial charge in [0.25, 0.3) is 5.91 Å². The van der Waals surface area contributed by atoms with Gasteiger partial charge in [-0.15, -0.1) is 11.8 Å². The Morgan fingerprint density at radius 1 is 1.03 bits per heavy atom. The summed E-state index contributed by atoms with van der Waals surface area (Å²) >= 11 is 1.40. The maximum absolute atomic E-state index is 12.7. The van der Waals surface area contributed by atoms with Crippen LogP contribution in [0.3, 0.4) is 0 Å². The van der Waals surface area contributed by atoms with Gasteiger partial charge in [-0.2, -0.15) is 0 Å². The molecule has 0 heterocycles. The molecular formula is C22H28N2O4S. The summed E-state index contributed by atoms with van der Waals surface area (Å²) in [6.45, 7) is 5.77. The number of rotatable bonds is 9. The number of ether oxygens (including phenoxy) is 2. The molecule has 2 atom stereocenters. The summed E-state index contributed by atoms with van der Waals surface area (Å²) in [4.78, 5) is 26.1. The van der Waals surface area contributed by atoms with Gasteiger partial charge in [0.1, 0.15) is 0 Å². The summed E-state index contributed by atoms with van der Waals surface area (Å²) in [6.07, 6.45) is 0.833. The van der Waals surface area contributed by atoms with E-state index in [1.807, 2.05) is 32.9 Å². The molecule has 0 aliphatic heterocycles. The van der Waals surface area contributed by atoms with Crippen LogP contribution in [0.4, 0.5) is 5.69 Å². The number of benzene rings is 2. The zero-order valence-corrected chi connectivity index (χ0v) is 18.3. The Balaban J connectivity index is 2.09. The van der Waals surface area contributed by atoms with Crippen LogP contribution < -0.4 is 20.1 Å². The second-order valence-corrected chi connectivity index (χ2v) is 8.01. The van der Waals surface area contributed by atoms with Gasteiger partial charge >= 0.3 is 0 Å². The number of para-hydroxylation sites is 1. The van der Waals surface area contributed by atoms with Crippen molar-refractivity contribution in [1.29, 1.82) is 0 Å². The molecule has 2 amide bonds. The first-order valence-corrected chi connectivity index (χ1v) is 10.4. The van der Waals surface area contributed by atoms with Gasteiger partial charge in [-0.1, -0.05) is 19.1 Å². The molecular weight excluding hydrogens is 388 g/mol. The van der Waals surface area contributed by atoms with Gasteiger partial charge in [0.15, 0.2) is 11.5 Å². The third-order valence-electron chi connectivity index (χ3n) is 4.46. The van der Waals surface area contributed by atoms with E-state index in [-0.39, 0.29) is 23.1 Å². The Hall–Kier alpha value is -2.67. The van der Waals surface area contributed by atoms with Crippen LogP contribution in [-0.4, -0.2) is 37.3 Å². The van der Waals surface area contributed by atoms with Crippen LogP contribution in [0, 0.1) is 0 Å². The van der Waals surface area contributed by atoms with Crippen molar-refractivity contribution in [1.82, 2.24) is 5.32 Å². The lowest BCUT2D eigenvalue weighted by atomic mass is 10.1. The average molecular weight is 417 g/mol. The molecule has 2 aromatic rings. The van der Waals surface area contributed by atoms with Gasteiger partial charge in [-0.25, -0.2) is 0 Å². The van der Waals surface area contributed by atoms with E-state index in [0.29, 0.717) is 22.7 Å². The largest absolute Gasteiger partial charge is 0.493 e. The minimum absolute atomic E-state index is 0.0609. The number of thioether (sulfide) groups is 1. The summed E-state index contributed by atoms with van der Waals surface area (Å²) in [5.74, 6) is 0.858. The Morgan fingerprint density at radius 3 is 2.38 bits per heavy atom. The molecule has 29 heavy (non-hydrogen) atoms. The van der Waals surface area contributed by atoms with E-state index >= 15 is 0 Å². The van der Waals surface area contributed by atoms with Crippen molar-refractivity contribution in [2.45, 2.75) is 43.4 Å². The Bertz CT molecular complexity index is 856. The SMILES string of the molecule is CC[C@H](C)NC(=O)c1ccccc1NC(=O)[C@@H](C)Sc1ccc(OC)c(OC)c1. The second-order valence-electron chi connectivity index (χ2n) is 6.59. The number of carbonyl (C=O) groups excluding carboxylic acids is 2. The van der Waals surface area contributed by atoms with E-state index < -0.39 is 0 Å². The van der Waals surface area contributed by atoms with Crippen molar-refractivity contribution in [2.24, 2.45) is 0 Å². The van der Waals surface area contributed by atoms with Gasteiger partial charge in [0.2, 0.25) is 5.91 Å². The fourth-order valence-electron chi connectivity index (χ4n) is 2.58. The number of nitrogens with one attached hydrogen (secondary N) is 2. The molecule has 0 saturated heterocycles. The van der Waals surface area contributed by atoms with E-state index in [2.05, 4.69) is 10.6 Å². The zero-order chi connectivity index (χ0) is 21.4. The van der Waals surface area contributed by atoms with E-state index in [4.69, 9.17) is 9.47 Å². The monoisotopic (exact) mass is 416 g/mol. The summed E-state index contributed by atoms with van der Waals surface area (Å²) in [5.41, 5.74) is 0.947. The lowest BCUT2D eigenvalue weighted by Crippen LogP contribution is -2.33. The maximum atomic E-state index is 12.7. The van der Waals surface area contributed by atoms with Crippen molar-refractivity contribution < 1.29 is 19.1 Å². The molecule has 7 heteroatoms. The van der Waals surface area contributed by atoms with Crippen LogP contribution in [0.2, 0.25) is 0 Å². The lowest BCUT2D eigenvalue weighted by molar-refractivity contribution is -0.115. The van der Waals surface area contributed by atoms with Crippen molar-refractivity contribution in [3.63, 3.8) is 0 Å². The minimum Gasteiger partial charge on any atom is -0.493 e. The molecule has 2 rings (SSSR count). The third kappa shape index (κ3) is 6.15. The third-order valence-corrected chi connectivity index (χ3v) is 5.55. The maximum Gasteiger partial charge on any atom is 0.253 e. The average Bonchev–Trinajstić information content (AvgIpc) is 2.73. The minimum atomic E-state index is -0.376. The first-order chi connectivity index (χ1) is 13.9. The molecule has 2 aromatic carbocycles. The first-order valence-electron chi connectivity index (χ1n) is 9.49. The summed E-state index contributed by atoms with van der Waals surface area (Å²) in [7, 11) is 3.15. The van der Waals surface area contributed by atoms with Crippen molar-refractivity contribution in [3.05, 3.63) is 48.0 Å². The van der Waals surface area contributed by atoms with Crippen molar-refractivity contribution >= 4 is 29.3 Å². The molecule has 0 aliphatic rings. The van der Waals surface area contributed by atoms with E-state index in [1.54, 1.807) is 44.6 Å². The van der Waals surface area contributed by atoms with E-state index in [1.165, 1.54) is 11.8 Å². The molecule has 2 N–H and O–H groups in total. The molecule has 0 bridgehead atoms. The van der Waals surface area contributed by atoms with Crippen LogP contribution >= 0.6 is 11.8 Å². The van der Waals surface area contributed by atoms with Crippen LogP contribution in [0.5, 0.6) is 11.5 Å². The normalized spacial score (nSPS) is 12.6. The highest BCUT2D eigenvalue weighted by Crippen LogP contribution is 2.33. The topological polar surface area (TPSA) is 76.7 Å². The Labute approximate surface area is 176 Å². The second kappa shape index (κ2) is 10.8. The van der Waals surface area contributed by atoms with Crippen LogP contribution in [-0.2, 0) is 4.79 Å². The fourth-order valence-corrected chi connectivity index (χ4v) is 3.47. The number of carbonyl (C=O) groups is 2. The molecule has 0 radical (unpaired) electrons. The lowest BCUT2D eigenvalue weighted by Gasteiger charge is -2.17. The van der Waals surface area contributed by atoms with Gasteiger partial charge in [-0.3, -0.25) is 9.59 Å². The predicted octanol–water partition coefficient (Wildman–Crippen LogP) is 4.35.